The van der Waals surface area contributed by atoms with Crippen molar-refractivity contribution >= 4 is 22.3 Å². The van der Waals surface area contributed by atoms with E-state index in [1.54, 1.807) is 11.3 Å². The maximum absolute atomic E-state index is 4.52. The topological polar surface area (TPSA) is 58.0 Å². The van der Waals surface area contributed by atoms with Crippen LogP contribution in [0, 0.1) is 6.92 Å². The van der Waals surface area contributed by atoms with Crippen molar-refractivity contribution in [3.8, 4) is 0 Å². The van der Waals surface area contributed by atoms with Crippen molar-refractivity contribution in [3.63, 3.8) is 0 Å². The Labute approximate surface area is 151 Å². The average molecular weight is 352 g/mol. The lowest BCUT2D eigenvalue weighted by Crippen LogP contribution is -2.46. The van der Waals surface area contributed by atoms with E-state index in [1.165, 1.54) is 5.56 Å². The highest BCUT2D eigenvalue weighted by molar-refractivity contribution is 7.15. The van der Waals surface area contributed by atoms with Gasteiger partial charge in [-0.05, 0) is 18.6 Å². The van der Waals surface area contributed by atoms with Crippen LogP contribution >= 0.6 is 11.3 Å². The molecular formula is C18H20N6S. The third-order valence-corrected chi connectivity index (χ3v) is 5.27. The van der Waals surface area contributed by atoms with Crippen LogP contribution < -0.4 is 9.80 Å². The van der Waals surface area contributed by atoms with E-state index >= 15 is 0 Å². The largest absolute Gasteiger partial charge is 0.353 e. The number of aromatic nitrogens is 4. The van der Waals surface area contributed by atoms with Gasteiger partial charge in [-0.1, -0.05) is 41.7 Å². The molecule has 128 valence electrons. The van der Waals surface area contributed by atoms with Gasteiger partial charge in [0.15, 0.2) is 0 Å². The van der Waals surface area contributed by atoms with Gasteiger partial charge in [-0.2, -0.15) is 0 Å². The molecule has 1 fully saturated rings. The molecule has 7 heteroatoms. The van der Waals surface area contributed by atoms with Crippen LogP contribution in [0.2, 0.25) is 0 Å². The molecule has 0 amide bonds. The van der Waals surface area contributed by atoms with Crippen LogP contribution in [0.15, 0.2) is 42.6 Å². The quantitative estimate of drug-likeness (QED) is 0.719. The lowest BCUT2D eigenvalue weighted by atomic mass is 10.2. The molecular weight excluding hydrogens is 332 g/mol. The highest BCUT2D eigenvalue weighted by Gasteiger charge is 2.21. The van der Waals surface area contributed by atoms with Crippen molar-refractivity contribution in [2.24, 2.45) is 0 Å². The summed E-state index contributed by atoms with van der Waals surface area (Å²) in [4.78, 5) is 13.3. The van der Waals surface area contributed by atoms with Crippen LogP contribution in [-0.4, -0.2) is 46.3 Å². The van der Waals surface area contributed by atoms with E-state index in [0.717, 1.165) is 54.4 Å². The fourth-order valence-electron chi connectivity index (χ4n) is 2.96. The zero-order valence-electron chi connectivity index (χ0n) is 14.2. The molecule has 0 radical (unpaired) electrons. The molecule has 0 unspecified atom stereocenters. The summed E-state index contributed by atoms with van der Waals surface area (Å²) >= 11 is 1.69. The molecule has 3 aromatic rings. The standard InChI is InChI=1S/C18H20N6S/c1-14-19-8-7-16(20-14)23-9-11-24(12-10-23)18-22-21-17(25-18)13-15-5-3-2-4-6-15/h2-8H,9-13H2,1H3. The van der Waals surface area contributed by atoms with E-state index in [-0.39, 0.29) is 0 Å². The Bertz CT molecular complexity index is 826. The Balaban J connectivity index is 1.38. The third kappa shape index (κ3) is 3.76. The van der Waals surface area contributed by atoms with E-state index in [9.17, 15) is 0 Å². The maximum Gasteiger partial charge on any atom is 0.208 e. The zero-order chi connectivity index (χ0) is 17.1. The van der Waals surface area contributed by atoms with Gasteiger partial charge in [0.2, 0.25) is 5.13 Å². The first-order chi connectivity index (χ1) is 12.3. The Morgan fingerprint density at radius 1 is 0.960 bits per heavy atom. The number of aryl methyl sites for hydroxylation is 1. The first kappa shape index (κ1) is 16.0. The molecule has 3 heterocycles. The highest BCUT2D eigenvalue weighted by atomic mass is 32.1. The van der Waals surface area contributed by atoms with E-state index in [2.05, 4.69) is 54.2 Å². The minimum absolute atomic E-state index is 0.814. The number of hydrogen-bond donors (Lipinski definition) is 0. The molecule has 0 saturated carbocycles. The molecule has 1 aliphatic rings. The van der Waals surface area contributed by atoms with Crippen LogP contribution in [0.4, 0.5) is 10.9 Å². The lowest BCUT2D eigenvalue weighted by Gasteiger charge is -2.35. The summed E-state index contributed by atoms with van der Waals surface area (Å²) in [5, 5.41) is 10.8. The third-order valence-electron chi connectivity index (χ3n) is 4.29. The first-order valence-corrected chi connectivity index (χ1v) is 9.25. The van der Waals surface area contributed by atoms with Gasteiger partial charge in [-0.25, -0.2) is 9.97 Å². The van der Waals surface area contributed by atoms with Crippen molar-refractivity contribution in [2.45, 2.75) is 13.3 Å². The summed E-state index contributed by atoms with van der Waals surface area (Å²) in [6.07, 6.45) is 2.67. The van der Waals surface area contributed by atoms with E-state index in [4.69, 9.17) is 0 Å². The minimum atomic E-state index is 0.814. The summed E-state index contributed by atoms with van der Waals surface area (Å²) in [6.45, 7) is 5.66. The van der Waals surface area contributed by atoms with Gasteiger partial charge in [0.05, 0.1) is 0 Å². The van der Waals surface area contributed by atoms with Crippen molar-refractivity contribution in [3.05, 3.63) is 59.0 Å². The smallest absolute Gasteiger partial charge is 0.208 e. The van der Waals surface area contributed by atoms with Crippen molar-refractivity contribution < 1.29 is 0 Å². The van der Waals surface area contributed by atoms with E-state index in [0.29, 0.717) is 0 Å². The SMILES string of the molecule is Cc1nccc(N2CCN(c3nnc(Cc4ccccc4)s3)CC2)n1. The van der Waals surface area contributed by atoms with Gasteiger partial charge < -0.3 is 9.80 Å². The average Bonchev–Trinajstić information content (AvgIpc) is 3.11. The second-order valence-electron chi connectivity index (χ2n) is 6.08. The molecule has 0 aliphatic carbocycles. The summed E-state index contributed by atoms with van der Waals surface area (Å²) < 4.78 is 0. The Hall–Kier alpha value is -2.54. The predicted molar refractivity (Wildman–Crippen MR) is 100 cm³/mol. The molecule has 1 aromatic carbocycles. The molecule has 0 bridgehead atoms. The predicted octanol–water partition coefficient (Wildman–Crippen LogP) is 2.55. The molecule has 4 rings (SSSR count). The van der Waals surface area contributed by atoms with Gasteiger partial charge in [0.25, 0.3) is 0 Å². The van der Waals surface area contributed by atoms with Crippen LogP contribution in [0.25, 0.3) is 0 Å². The Kier molecular flexibility index (Phi) is 4.56. The second kappa shape index (κ2) is 7.14. The molecule has 1 saturated heterocycles. The minimum Gasteiger partial charge on any atom is -0.353 e. The van der Waals surface area contributed by atoms with Crippen molar-refractivity contribution in [1.29, 1.82) is 0 Å². The molecule has 1 aliphatic heterocycles. The summed E-state index contributed by atoms with van der Waals surface area (Å²) in [6, 6.07) is 12.4. The molecule has 25 heavy (non-hydrogen) atoms. The fourth-order valence-corrected chi connectivity index (χ4v) is 3.89. The van der Waals surface area contributed by atoms with Crippen LogP contribution in [0.5, 0.6) is 0 Å². The maximum atomic E-state index is 4.52. The molecule has 0 N–H and O–H groups in total. The summed E-state index contributed by atoms with van der Waals surface area (Å²) in [5.74, 6) is 1.82. The number of benzene rings is 1. The van der Waals surface area contributed by atoms with Crippen LogP contribution in [-0.2, 0) is 6.42 Å². The monoisotopic (exact) mass is 352 g/mol. The number of piperazine rings is 1. The summed E-state index contributed by atoms with van der Waals surface area (Å²) in [5.41, 5.74) is 1.27. The Morgan fingerprint density at radius 3 is 2.48 bits per heavy atom. The molecule has 0 spiro atoms. The molecule has 0 atom stereocenters. The number of anilines is 2. The van der Waals surface area contributed by atoms with Crippen molar-refractivity contribution in [1.82, 2.24) is 20.2 Å². The lowest BCUT2D eigenvalue weighted by molar-refractivity contribution is 0.642. The normalized spacial score (nSPS) is 14.8. The highest BCUT2D eigenvalue weighted by Crippen LogP contribution is 2.24. The van der Waals surface area contributed by atoms with Gasteiger partial charge in [0, 0.05) is 38.8 Å². The number of hydrogen-bond acceptors (Lipinski definition) is 7. The summed E-state index contributed by atoms with van der Waals surface area (Å²) in [7, 11) is 0. The van der Waals surface area contributed by atoms with Gasteiger partial charge in [0.1, 0.15) is 16.6 Å². The zero-order valence-corrected chi connectivity index (χ0v) is 15.0. The number of rotatable bonds is 4. The number of nitrogens with zero attached hydrogens (tertiary/aromatic N) is 6. The second-order valence-corrected chi connectivity index (χ2v) is 7.12. The van der Waals surface area contributed by atoms with Crippen LogP contribution in [0.3, 0.4) is 0 Å². The molecule has 6 nitrogen and oxygen atoms in total. The van der Waals surface area contributed by atoms with Crippen LogP contribution in [0.1, 0.15) is 16.4 Å². The first-order valence-electron chi connectivity index (χ1n) is 8.44. The van der Waals surface area contributed by atoms with Gasteiger partial charge in [-0.3, -0.25) is 0 Å². The molecule has 2 aromatic heterocycles. The van der Waals surface area contributed by atoms with Crippen molar-refractivity contribution in [2.75, 3.05) is 36.0 Å². The van der Waals surface area contributed by atoms with Gasteiger partial charge in [-0.15, -0.1) is 10.2 Å². The van der Waals surface area contributed by atoms with Gasteiger partial charge >= 0.3 is 0 Å². The van der Waals surface area contributed by atoms with E-state index < -0.39 is 0 Å². The Morgan fingerprint density at radius 2 is 1.72 bits per heavy atom. The fraction of sp³-hybridized carbons (Fsp3) is 0.333. The van der Waals surface area contributed by atoms with E-state index in [1.807, 2.05) is 25.3 Å².